The first kappa shape index (κ1) is 18.8. The molecule has 0 saturated carbocycles. The Morgan fingerprint density at radius 1 is 1.15 bits per heavy atom. The maximum Gasteiger partial charge on any atom is 0.214 e. The molecule has 1 saturated heterocycles. The molecule has 5 nitrogen and oxygen atoms in total. The molecule has 1 aromatic heterocycles. The molecule has 0 spiro atoms. The van der Waals surface area contributed by atoms with Gasteiger partial charge in [0, 0.05) is 12.6 Å². The molecule has 2 aromatic rings. The fourth-order valence-electron chi connectivity index (χ4n) is 3.22. The Kier molecular flexibility index (Phi) is 5.88. The summed E-state index contributed by atoms with van der Waals surface area (Å²) in [5, 5.41) is -0.328. The van der Waals surface area contributed by atoms with Crippen LogP contribution in [0.25, 0.3) is 0 Å². The molecule has 7 heteroatoms. The second kappa shape index (κ2) is 8.14. The van der Waals surface area contributed by atoms with Crippen molar-refractivity contribution in [1.82, 2.24) is 9.88 Å². The SMILES string of the molecule is COc1cccc(S(=O)(=O)C2CCN(CCc3ccc(F)cc3)CC2)n1. The van der Waals surface area contributed by atoms with Gasteiger partial charge in [-0.25, -0.2) is 17.8 Å². The van der Waals surface area contributed by atoms with E-state index in [9.17, 15) is 12.8 Å². The highest BCUT2D eigenvalue weighted by atomic mass is 32.2. The number of pyridine rings is 1. The first-order valence-electron chi connectivity index (χ1n) is 8.71. The Labute approximate surface area is 153 Å². The molecule has 140 valence electrons. The molecule has 0 bridgehead atoms. The number of aromatic nitrogens is 1. The average molecular weight is 378 g/mol. The van der Waals surface area contributed by atoms with Gasteiger partial charge in [-0.1, -0.05) is 18.2 Å². The number of rotatable bonds is 6. The zero-order valence-electron chi connectivity index (χ0n) is 14.8. The van der Waals surface area contributed by atoms with Crippen molar-refractivity contribution in [1.29, 1.82) is 0 Å². The van der Waals surface area contributed by atoms with E-state index in [1.54, 1.807) is 24.3 Å². The molecular formula is C19H23FN2O3S. The average Bonchev–Trinajstić information content (AvgIpc) is 2.68. The quantitative estimate of drug-likeness (QED) is 0.774. The van der Waals surface area contributed by atoms with Crippen LogP contribution in [-0.4, -0.2) is 50.3 Å². The van der Waals surface area contributed by atoms with Gasteiger partial charge in [-0.2, -0.15) is 0 Å². The molecule has 0 atom stereocenters. The lowest BCUT2D eigenvalue weighted by Crippen LogP contribution is -2.40. The van der Waals surface area contributed by atoms with Crippen LogP contribution in [0.3, 0.4) is 0 Å². The molecule has 0 N–H and O–H groups in total. The Morgan fingerprint density at radius 3 is 2.50 bits per heavy atom. The lowest BCUT2D eigenvalue weighted by Gasteiger charge is -2.31. The number of nitrogens with zero attached hydrogens (tertiary/aromatic N) is 2. The van der Waals surface area contributed by atoms with E-state index in [0.717, 1.165) is 31.6 Å². The number of ether oxygens (including phenoxy) is 1. The Balaban J connectivity index is 1.56. The van der Waals surface area contributed by atoms with E-state index in [1.165, 1.54) is 25.3 Å². The highest BCUT2D eigenvalue weighted by Gasteiger charge is 2.32. The zero-order chi connectivity index (χ0) is 18.6. The minimum Gasteiger partial charge on any atom is -0.481 e. The fourth-order valence-corrected chi connectivity index (χ4v) is 4.88. The first-order valence-corrected chi connectivity index (χ1v) is 10.3. The number of sulfone groups is 1. The second-order valence-corrected chi connectivity index (χ2v) is 8.66. The van der Waals surface area contributed by atoms with Crippen molar-refractivity contribution in [3.63, 3.8) is 0 Å². The number of likely N-dealkylation sites (tertiary alicyclic amines) is 1. The molecule has 0 unspecified atom stereocenters. The molecule has 0 amide bonds. The Bertz CT molecular complexity index is 832. The summed E-state index contributed by atoms with van der Waals surface area (Å²) in [4.78, 5) is 6.34. The fraction of sp³-hybridized carbons (Fsp3) is 0.421. The van der Waals surface area contributed by atoms with Gasteiger partial charge < -0.3 is 9.64 Å². The van der Waals surface area contributed by atoms with Crippen LogP contribution in [0.2, 0.25) is 0 Å². The van der Waals surface area contributed by atoms with Crippen molar-refractivity contribution in [3.05, 3.63) is 53.8 Å². The van der Waals surface area contributed by atoms with E-state index in [1.807, 2.05) is 0 Å². The van der Waals surface area contributed by atoms with Gasteiger partial charge in [0.15, 0.2) is 14.9 Å². The van der Waals surface area contributed by atoms with Crippen LogP contribution < -0.4 is 4.74 Å². The number of methoxy groups -OCH3 is 1. The topological polar surface area (TPSA) is 59.5 Å². The van der Waals surface area contributed by atoms with Crippen molar-refractivity contribution in [2.45, 2.75) is 29.5 Å². The van der Waals surface area contributed by atoms with Crippen LogP contribution in [0.1, 0.15) is 18.4 Å². The largest absolute Gasteiger partial charge is 0.481 e. The zero-order valence-corrected chi connectivity index (χ0v) is 15.6. The molecular weight excluding hydrogens is 355 g/mol. The summed E-state index contributed by atoms with van der Waals surface area (Å²) >= 11 is 0. The summed E-state index contributed by atoms with van der Waals surface area (Å²) < 4.78 is 43.6. The molecule has 0 aliphatic carbocycles. The van der Waals surface area contributed by atoms with Gasteiger partial charge in [-0.15, -0.1) is 0 Å². The Morgan fingerprint density at radius 2 is 1.85 bits per heavy atom. The molecule has 3 rings (SSSR count). The minimum atomic E-state index is -3.45. The van der Waals surface area contributed by atoms with Gasteiger partial charge >= 0.3 is 0 Å². The normalized spacial score (nSPS) is 16.5. The predicted molar refractivity (Wildman–Crippen MR) is 97.5 cm³/mol. The lowest BCUT2D eigenvalue weighted by atomic mass is 10.1. The summed E-state index contributed by atoms with van der Waals surface area (Å²) in [5.41, 5.74) is 1.08. The maximum atomic E-state index is 12.9. The van der Waals surface area contributed by atoms with Crippen LogP contribution in [0.4, 0.5) is 4.39 Å². The first-order chi connectivity index (χ1) is 12.5. The lowest BCUT2D eigenvalue weighted by molar-refractivity contribution is 0.232. The summed E-state index contributed by atoms with van der Waals surface area (Å²) in [6, 6.07) is 11.3. The highest BCUT2D eigenvalue weighted by molar-refractivity contribution is 7.92. The summed E-state index contributed by atoms with van der Waals surface area (Å²) in [5.74, 6) is 0.0775. The molecule has 1 aliphatic rings. The van der Waals surface area contributed by atoms with Gasteiger partial charge in [0.25, 0.3) is 0 Å². The number of hydrogen-bond acceptors (Lipinski definition) is 5. The molecule has 1 aliphatic heterocycles. The van der Waals surface area contributed by atoms with Crippen LogP contribution >= 0.6 is 0 Å². The molecule has 2 heterocycles. The van der Waals surface area contributed by atoms with Crippen molar-refractivity contribution in [2.75, 3.05) is 26.7 Å². The van der Waals surface area contributed by atoms with Gasteiger partial charge in [-0.05, 0) is 56.1 Å². The van der Waals surface area contributed by atoms with E-state index in [-0.39, 0.29) is 10.8 Å². The Hall–Kier alpha value is -1.99. The molecule has 0 radical (unpaired) electrons. The molecule has 26 heavy (non-hydrogen) atoms. The second-order valence-electron chi connectivity index (χ2n) is 6.48. The van der Waals surface area contributed by atoms with Crippen molar-refractivity contribution in [2.24, 2.45) is 0 Å². The summed E-state index contributed by atoms with van der Waals surface area (Å²) in [6.45, 7) is 2.31. The highest BCUT2D eigenvalue weighted by Crippen LogP contribution is 2.24. The summed E-state index contributed by atoms with van der Waals surface area (Å²) in [7, 11) is -1.98. The van der Waals surface area contributed by atoms with Gasteiger partial charge in [0.1, 0.15) is 5.82 Å². The number of hydrogen-bond donors (Lipinski definition) is 0. The predicted octanol–water partition coefficient (Wildman–Crippen LogP) is 2.71. The number of piperidine rings is 1. The van der Waals surface area contributed by atoms with Crippen molar-refractivity contribution >= 4 is 9.84 Å². The van der Waals surface area contributed by atoms with Crippen LogP contribution in [0, 0.1) is 5.82 Å². The van der Waals surface area contributed by atoms with Gasteiger partial charge in [-0.3, -0.25) is 0 Å². The standard InChI is InChI=1S/C19H23FN2O3S/c1-25-18-3-2-4-19(21-18)26(23,24)17-10-13-22(14-11-17)12-9-15-5-7-16(20)8-6-15/h2-8,17H,9-14H2,1H3. The molecule has 1 aromatic carbocycles. The van der Waals surface area contributed by atoms with E-state index < -0.39 is 15.1 Å². The number of halogens is 1. The van der Waals surface area contributed by atoms with Crippen LogP contribution in [0.15, 0.2) is 47.5 Å². The third kappa shape index (κ3) is 4.40. The van der Waals surface area contributed by atoms with Gasteiger partial charge in [0.05, 0.1) is 12.4 Å². The monoisotopic (exact) mass is 378 g/mol. The third-order valence-corrected chi connectivity index (χ3v) is 6.96. The van der Waals surface area contributed by atoms with Crippen molar-refractivity contribution < 1.29 is 17.5 Å². The molecule has 1 fully saturated rings. The van der Waals surface area contributed by atoms with Crippen LogP contribution in [-0.2, 0) is 16.3 Å². The number of benzene rings is 1. The van der Waals surface area contributed by atoms with E-state index in [4.69, 9.17) is 4.74 Å². The van der Waals surface area contributed by atoms with Gasteiger partial charge in [0.2, 0.25) is 5.88 Å². The third-order valence-electron chi connectivity index (χ3n) is 4.80. The van der Waals surface area contributed by atoms with E-state index in [0.29, 0.717) is 18.7 Å². The van der Waals surface area contributed by atoms with E-state index >= 15 is 0 Å². The van der Waals surface area contributed by atoms with Crippen LogP contribution in [0.5, 0.6) is 5.88 Å². The smallest absolute Gasteiger partial charge is 0.214 e. The van der Waals surface area contributed by atoms with Crippen molar-refractivity contribution in [3.8, 4) is 5.88 Å². The summed E-state index contributed by atoms with van der Waals surface area (Å²) in [6.07, 6.45) is 2.00. The maximum absolute atomic E-state index is 12.9. The van der Waals surface area contributed by atoms with E-state index in [2.05, 4.69) is 9.88 Å². The minimum absolute atomic E-state index is 0.0848.